The summed E-state index contributed by atoms with van der Waals surface area (Å²) in [6, 6.07) is 14.5. The second kappa shape index (κ2) is 13.1. The molecule has 11 heteroatoms. The van der Waals surface area contributed by atoms with E-state index in [0.717, 1.165) is 35.6 Å². The van der Waals surface area contributed by atoms with Gasteiger partial charge in [0.2, 0.25) is 0 Å². The molecule has 1 saturated heterocycles. The van der Waals surface area contributed by atoms with Gasteiger partial charge in [-0.3, -0.25) is 18.8 Å². The minimum atomic E-state index is -0.798. The quantitative estimate of drug-likeness (QED) is 0.227. The van der Waals surface area contributed by atoms with E-state index in [0.29, 0.717) is 47.9 Å². The molecule has 0 unspecified atom stereocenters. The number of nitrogens with one attached hydrogen (secondary N) is 2. The number of aromatic nitrogens is 4. The summed E-state index contributed by atoms with van der Waals surface area (Å²) in [6.45, 7) is 9.08. The average molecular weight is 631 g/mol. The maximum atomic E-state index is 15.2. The number of anilines is 3. The molecule has 5 aromatic rings. The van der Waals surface area contributed by atoms with Gasteiger partial charge in [0.15, 0.2) is 5.65 Å². The standard InChI is InChI=1S/C36H35FN8O2/c1-24-16-32(37)30(35(46)42-27-9-7-26(21-44-12-14-47-15-13-44)31(18-27)36(2,3)23-38)17-25(24)8-10-29-20-39-34-33(6-5-11-45(29)34)41-28-19-40-43(4)22-28/h5-7,9,11,16-20,22,41H,12-15,21H2,1-4H3,(H,42,46). The van der Waals surface area contributed by atoms with Crippen LogP contribution in [0.3, 0.4) is 0 Å². The van der Waals surface area contributed by atoms with E-state index in [1.54, 1.807) is 30.1 Å². The maximum Gasteiger partial charge on any atom is 0.258 e. The molecule has 1 aliphatic heterocycles. The van der Waals surface area contributed by atoms with Gasteiger partial charge >= 0.3 is 0 Å². The van der Waals surface area contributed by atoms with E-state index in [9.17, 15) is 10.1 Å². The second-order valence-electron chi connectivity index (χ2n) is 12.1. The Balaban J connectivity index is 1.25. The molecule has 0 saturated carbocycles. The highest BCUT2D eigenvalue weighted by Gasteiger charge is 2.26. The number of benzene rings is 2. The molecule has 2 N–H and O–H groups in total. The van der Waals surface area contributed by atoms with Crippen molar-refractivity contribution < 1.29 is 13.9 Å². The molecule has 3 aromatic heterocycles. The van der Waals surface area contributed by atoms with Crippen molar-refractivity contribution in [3.8, 4) is 17.9 Å². The number of imidazole rings is 1. The first kappa shape index (κ1) is 31.5. The molecular formula is C36H35FN8O2. The van der Waals surface area contributed by atoms with Gasteiger partial charge in [-0.05, 0) is 79.8 Å². The van der Waals surface area contributed by atoms with E-state index in [-0.39, 0.29) is 5.56 Å². The number of carbonyl (C=O) groups is 1. The van der Waals surface area contributed by atoms with Crippen LogP contribution in [0.5, 0.6) is 0 Å². The summed E-state index contributed by atoms with van der Waals surface area (Å²) in [5.74, 6) is 4.99. The van der Waals surface area contributed by atoms with E-state index < -0.39 is 17.1 Å². The average Bonchev–Trinajstić information content (AvgIpc) is 3.67. The summed E-state index contributed by atoms with van der Waals surface area (Å²) in [5.41, 5.74) is 5.43. The minimum absolute atomic E-state index is 0.125. The zero-order valence-electron chi connectivity index (χ0n) is 26.8. The van der Waals surface area contributed by atoms with Crippen LogP contribution in [-0.4, -0.2) is 56.3 Å². The lowest BCUT2D eigenvalue weighted by Gasteiger charge is -2.29. The zero-order chi connectivity index (χ0) is 33.1. The van der Waals surface area contributed by atoms with Crippen molar-refractivity contribution in [3.05, 3.63) is 107 Å². The van der Waals surface area contributed by atoms with Crippen LogP contribution in [0.2, 0.25) is 0 Å². The molecule has 0 bridgehead atoms. The smallest absolute Gasteiger partial charge is 0.258 e. The Hall–Kier alpha value is -5.49. The highest BCUT2D eigenvalue weighted by molar-refractivity contribution is 6.04. The fraction of sp³-hybridized carbons (Fsp3) is 0.278. The Bertz CT molecular complexity index is 2070. The van der Waals surface area contributed by atoms with Crippen molar-refractivity contribution in [2.24, 2.45) is 7.05 Å². The number of fused-ring (bicyclic) bond motifs is 1. The highest BCUT2D eigenvalue weighted by Crippen LogP contribution is 2.30. The summed E-state index contributed by atoms with van der Waals surface area (Å²) in [5, 5.41) is 20.3. The first-order valence-electron chi connectivity index (χ1n) is 15.3. The molecule has 0 atom stereocenters. The van der Waals surface area contributed by atoms with E-state index in [1.165, 1.54) is 12.1 Å². The van der Waals surface area contributed by atoms with Crippen molar-refractivity contribution in [1.29, 1.82) is 5.26 Å². The van der Waals surface area contributed by atoms with Crippen LogP contribution in [0.15, 0.2) is 67.3 Å². The molecule has 2 aromatic carbocycles. The van der Waals surface area contributed by atoms with Crippen molar-refractivity contribution in [3.63, 3.8) is 0 Å². The fourth-order valence-electron chi connectivity index (χ4n) is 5.59. The first-order valence-corrected chi connectivity index (χ1v) is 15.3. The third-order valence-electron chi connectivity index (χ3n) is 8.22. The summed E-state index contributed by atoms with van der Waals surface area (Å²) < 4.78 is 24.2. The summed E-state index contributed by atoms with van der Waals surface area (Å²) >= 11 is 0. The van der Waals surface area contributed by atoms with Crippen LogP contribution < -0.4 is 10.6 Å². The number of rotatable bonds is 7. The van der Waals surface area contributed by atoms with Gasteiger partial charge < -0.3 is 15.4 Å². The van der Waals surface area contributed by atoms with Gasteiger partial charge in [0, 0.05) is 50.3 Å². The normalized spacial score (nSPS) is 13.5. The number of pyridine rings is 1. The summed E-state index contributed by atoms with van der Waals surface area (Å²) in [4.78, 5) is 20.2. The lowest BCUT2D eigenvalue weighted by atomic mass is 9.82. The van der Waals surface area contributed by atoms with Crippen LogP contribution in [0.1, 0.15) is 52.2 Å². The van der Waals surface area contributed by atoms with Crippen LogP contribution in [0.4, 0.5) is 21.5 Å². The monoisotopic (exact) mass is 630 g/mol. The van der Waals surface area contributed by atoms with Crippen LogP contribution in [0, 0.1) is 35.9 Å². The molecule has 0 aliphatic carbocycles. The Labute approximate surface area is 272 Å². The van der Waals surface area contributed by atoms with Gasteiger partial charge in [-0.1, -0.05) is 12.0 Å². The number of morpholine rings is 1. The molecule has 1 aliphatic rings. The number of carbonyl (C=O) groups excluding carboxylic acids is 1. The van der Waals surface area contributed by atoms with Gasteiger partial charge in [-0.25, -0.2) is 9.37 Å². The van der Waals surface area contributed by atoms with Crippen LogP contribution in [-0.2, 0) is 23.7 Å². The van der Waals surface area contributed by atoms with Crippen LogP contribution >= 0.6 is 0 Å². The number of hydrogen-bond acceptors (Lipinski definition) is 7. The molecule has 4 heterocycles. The number of ether oxygens (including phenoxy) is 1. The SMILES string of the molecule is Cc1cc(F)c(C(=O)Nc2ccc(CN3CCOCC3)c(C(C)(C)C#N)c2)cc1C#Cc1cnc2c(Nc3cnn(C)c3)cccn12. The molecule has 1 fully saturated rings. The fourth-order valence-corrected chi connectivity index (χ4v) is 5.59. The van der Waals surface area contributed by atoms with Crippen molar-refractivity contribution in [2.75, 3.05) is 36.9 Å². The number of amides is 1. The number of nitrogens with zero attached hydrogens (tertiary/aromatic N) is 6. The topological polar surface area (TPSA) is 113 Å². The van der Waals surface area contributed by atoms with Crippen molar-refractivity contribution >= 4 is 28.6 Å². The minimum Gasteiger partial charge on any atom is -0.379 e. The summed E-state index contributed by atoms with van der Waals surface area (Å²) in [7, 11) is 1.85. The largest absolute Gasteiger partial charge is 0.379 e. The Kier molecular flexibility index (Phi) is 8.77. The highest BCUT2D eigenvalue weighted by atomic mass is 19.1. The molecule has 47 heavy (non-hydrogen) atoms. The first-order chi connectivity index (χ1) is 22.6. The molecule has 6 rings (SSSR count). The van der Waals surface area contributed by atoms with Crippen molar-refractivity contribution in [2.45, 2.75) is 32.7 Å². The summed E-state index contributed by atoms with van der Waals surface area (Å²) in [6.07, 6.45) is 7.13. The molecule has 0 spiro atoms. The molecule has 0 radical (unpaired) electrons. The van der Waals surface area contributed by atoms with Crippen LogP contribution in [0.25, 0.3) is 5.65 Å². The number of nitriles is 1. The predicted molar refractivity (Wildman–Crippen MR) is 178 cm³/mol. The third kappa shape index (κ3) is 6.87. The van der Waals surface area contributed by atoms with E-state index in [2.05, 4.69) is 43.5 Å². The Morgan fingerprint density at radius 3 is 2.66 bits per heavy atom. The van der Waals surface area contributed by atoms with E-state index in [4.69, 9.17) is 4.74 Å². The predicted octanol–water partition coefficient (Wildman–Crippen LogP) is 5.54. The van der Waals surface area contributed by atoms with Gasteiger partial charge in [0.1, 0.15) is 11.5 Å². The van der Waals surface area contributed by atoms with Gasteiger partial charge in [0.25, 0.3) is 5.91 Å². The van der Waals surface area contributed by atoms with E-state index in [1.807, 2.05) is 62.0 Å². The number of aryl methyl sites for hydroxylation is 2. The second-order valence-corrected chi connectivity index (χ2v) is 12.1. The zero-order valence-corrected chi connectivity index (χ0v) is 26.8. The molecular weight excluding hydrogens is 595 g/mol. The Morgan fingerprint density at radius 1 is 1.11 bits per heavy atom. The number of hydrogen-bond donors (Lipinski definition) is 2. The van der Waals surface area contributed by atoms with Crippen molar-refractivity contribution in [1.82, 2.24) is 24.1 Å². The van der Waals surface area contributed by atoms with Gasteiger partial charge in [-0.15, -0.1) is 0 Å². The maximum absolute atomic E-state index is 15.2. The molecule has 10 nitrogen and oxygen atoms in total. The van der Waals surface area contributed by atoms with E-state index >= 15 is 4.39 Å². The third-order valence-corrected chi connectivity index (χ3v) is 8.22. The number of halogens is 1. The lowest BCUT2D eigenvalue weighted by molar-refractivity contribution is 0.0340. The Morgan fingerprint density at radius 2 is 1.91 bits per heavy atom. The van der Waals surface area contributed by atoms with Gasteiger partial charge in [-0.2, -0.15) is 10.4 Å². The van der Waals surface area contributed by atoms with Gasteiger partial charge in [0.05, 0.1) is 54.0 Å². The lowest BCUT2D eigenvalue weighted by Crippen LogP contribution is -2.36. The molecule has 1 amide bonds. The molecule has 238 valence electrons.